The second kappa shape index (κ2) is 9.48. The Kier molecular flexibility index (Phi) is 6.50. The van der Waals surface area contributed by atoms with Crippen molar-refractivity contribution in [3.05, 3.63) is 77.0 Å². The number of nitrogens with zero attached hydrogens (tertiary/aromatic N) is 4. The molecule has 0 fully saturated rings. The molecule has 0 atom stereocenters. The molecule has 0 bridgehead atoms. The van der Waals surface area contributed by atoms with Gasteiger partial charge in [-0.05, 0) is 50.1 Å². The van der Waals surface area contributed by atoms with Gasteiger partial charge < -0.3 is 4.74 Å². The standard InChI is InChI=1S/C24H23FN4O2S/c1-4-19-21(16-8-10-17(25)11-9-16)23-27-26-22(24(30)31-5-2)20(29(23)28-19)14-32-18-12-6-15(3)7-13-18/h6-13H,4-5,14H2,1-3H3. The predicted molar refractivity (Wildman–Crippen MR) is 122 cm³/mol. The third kappa shape index (κ3) is 4.36. The molecule has 0 aliphatic rings. The Morgan fingerprint density at radius 3 is 2.44 bits per heavy atom. The van der Waals surface area contributed by atoms with Crippen LogP contribution in [0.3, 0.4) is 0 Å². The number of hydrogen-bond acceptors (Lipinski definition) is 6. The average molecular weight is 451 g/mol. The van der Waals surface area contributed by atoms with Crippen LogP contribution in [0.15, 0.2) is 53.4 Å². The molecule has 0 N–H and O–H groups in total. The number of carbonyl (C=O) groups excluding carboxylic acids is 1. The fraction of sp³-hybridized carbons (Fsp3) is 0.250. The van der Waals surface area contributed by atoms with E-state index < -0.39 is 5.97 Å². The van der Waals surface area contributed by atoms with Crippen LogP contribution >= 0.6 is 11.8 Å². The van der Waals surface area contributed by atoms with E-state index in [0.717, 1.165) is 21.7 Å². The molecule has 32 heavy (non-hydrogen) atoms. The maximum absolute atomic E-state index is 13.5. The molecule has 0 radical (unpaired) electrons. The minimum absolute atomic E-state index is 0.148. The third-order valence-electron chi connectivity index (χ3n) is 5.04. The van der Waals surface area contributed by atoms with E-state index in [1.807, 2.05) is 38.1 Å². The first kappa shape index (κ1) is 22.0. The summed E-state index contributed by atoms with van der Waals surface area (Å²) in [6.45, 7) is 6.02. The van der Waals surface area contributed by atoms with Gasteiger partial charge in [-0.1, -0.05) is 36.8 Å². The average Bonchev–Trinajstić information content (AvgIpc) is 3.18. The number of aromatic nitrogens is 4. The van der Waals surface area contributed by atoms with E-state index in [2.05, 4.69) is 10.2 Å². The normalized spacial score (nSPS) is 11.1. The lowest BCUT2D eigenvalue weighted by molar-refractivity contribution is 0.0516. The van der Waals surface area contributed by atoms with E-state index >= 15 is 0 Å². The molecule has 0 saturated heterocycles. The maximum atomic E-state index is 13.5. The summed E-state index contributed by atoms with van der Waals surface area (Å²) in [6.07, 6.45) is 0.648. The summed E-state index contributed by atoms with van der Waals surface area (Å²) in [5.41, 5.74) is 4.86. The Morgan fingerprint density at radius 2 is 1.78 bits per heavy atom. The second-order valence-corrected chi connectivity index (χ2v) is 8.28. The summed E-state index contributed by atoms with van der Waals surface area (Å²) in [5.74, 6) is -0.385. The fourth-order valence-electron chi connectivity index (χ4n) is 3.42. The van der Waals surface area contributed by atoms with Crippen molar-refractivity contribution in [3.8, 4) is 11.1 Å². The molecule has 164 valence electrons. The van der Waals surface area contributed by atoms with Crippen LogP contribution in [0.4, 0.5) is 4.39 Å². The predicted octanol–water partition coefficient (Wildman–Crippen LogP) is 5.27. The van der Waals surface area contributed by atoms with Gasteiger partial charge in [0.05, 0.1) is 23.6 Å². The van der Waals surface area contributed by atoms with Crippen molar-refractivity contribution in [1.82, 2.24) is 19.8 Å². The van der Waals surface area contributed by atoms with Crippen LogP contribution in [0.1, 0.15) is 41.3 Å². The summed E-state index contributed by atoms with van der Waals surface area (Å²) in [7, 11) is 0. The van der Waals surface area contributed by atoms with Crippen LogP contribution < -0.4 is 0 Å². The number of aryl methyl sites for hydroxylation is 2. The van der Waals surface area contributed by atoms with Gasteiger partial charge in [0.2, 0.25) is 0 Å². The monoisotopic (exact) mass is 450 g/mol. The zero-order chi connectivity index (χ0) is 22.7. The van der Waals surface area contributed by atoms with Gasteiger partial charge >= 0.3 is 5.97 Å². The Labute approximate surface area is 189 Å². The van der Waals surface area contributed by atoms with Gasteiger partial charge in [0.25, 0.3) is 0 Å². The van der Waals surface area contributed by atoms with Crippen LogP contribution in [-0.4, -0.2) is 32.4 Å². The van der Waals surface area contributed by atoms with E-state index in [1.54, 1.807) is 35.3 Å². The molecule has 2 heterocycles. The molecule has 0 aliphatic heterocycles. The quantitative estimate of drug-likeness (QED) is 0.282. The van der Waals surface area contributed by atoms with E-state index in [1.165, 1.54) is 17.7 Å². The molecule has 8 heteroatoms. The Morgan fingerprint density at radius 1 is 1.06 bits per heavy atom. The van der Waals surface area contributed by atoms with Crippen LogP contribution in [0.25, 0.3) is 16.8 Å². The van der Waals surface area contributed by atoms with E-state index in [-0.39, 0.29) is 18.1 Å². The van der Waals surface area contributed by atoms with Crippen molar-refractivity contribution < 1.29 is 13.9 Å². The molecule has 0 spiro atoms. The lowest BCUT2D eigenvalue weighted by atomic mass is 10.0. The topological polar surface area (TPSA) is 69.4 Å². The number of hydrogen-bond donors (Lipinski definition) is 0. The molecule has 6 nitrogen and oxygen atoms in total. The number of benzene rings is 2. The molecular formula is C24H23FN4O2S. The number of esters is 1. The zero-order valence-corrected chi connectivity index (χ0v) is 18.9. The van der Waals surface area contributed by atoms with Crippen molar-refractivity contribution >= 4 is 23.4 Å². The first-order chi connectivity index (χ1) is 15.5. The molecule has 4 rings (SSSR count). The lowest BCUT2D eigenvalue weighted by Crippen LogP contribution is -2.16. The number of fused-ring (bicyclic) bond motifs is 1. The number of ether oxygens (including phenoxy) is 1. The van der Waals surface area contributed by atoms with Gasteiger partial charge in [0.1, 0.15) is 5.82 Å². The number of carbonyl (C=O) groups is 1. The smallest absolute Gasteiger partial charge is 0.360 e. The van der Waals surface area contributed by atoms with Crippen LogP contribution in [-0.2, 0) is 16.9 Å². The maximum Gasteiger partial charge on any atom is 0.360 e. The second-order valence-electron chi connectivity index (χ2n) is 7.24. The SMILES string of the molecule is CCOC(=O)c1nnc2c(-c3ccc(F)cc3)c(CC)nn2c1CSc1ccc(C)cc1. The highest BCUT2D eigenvalue weighted by molar-refractivity contribution is 7.98. The summed E-state index contributed by atoms with van der Waals surface area (Å²) >= 11 is 1.58. The van der Waals surface area contributed by atoms with Crippen LogP contribution in [0, 0.1) is 12.7 Å². The molecular weight excluding hydrogens is 427 g/mol. The number of halogens is 1. The first-order valence-electron chi connectivity index (χ1n) is 10.4. The summed E-state index contributed by atoms with van der Waals surface area (Å²) in [6, 6.07) is 14.4. The Hall–Kier alpha value is -3.26. The van der Waals surface area contributed by atoms with Gasteiger partial charge in [-0.25, -0.2) is 13.7 Å². The van der Waals surface area contributed by atoms with Crippen LogP contribution in [0.5, 0.6) is 0 Å². The lowest BCUT2D eigenvalue weighted by Gasteiger charge is -2.10. The third-order valence-corrected chi connectivity index (χ3v) is 6.06. The molecule has 0 aliphatic carbocycles. The summed E-state index contributed by atoms with van der Waals surface area (Å²) in [5, 5.41) is 13.3. The highest BCUT2D eigenvalue weighted by atomic mass is 32.2. The molecule has 4 aromatic rings. The van der Waals surface area contributed by atoms with Gasteiger partial charge in [-0.15, -0.1) is 22.0 Å². The molecule has 0 unspecified atom stereocenters. The molecule has 0 amide bonds. The van der Waals surface area contributed by atoms with Gasteiger partial charge in [-0.2, -0.15) is 5.10 Å². The fourth-order valence-corrected chi connectivity index (χ4v) is 4.31. The molecule has 2 aromatic carbocycles. The van der Waals surface area contributed by atoms with Gasteiger partial charge in [0.15, 0.2) is 11.3 Å². The van der Waals surface area contributed by atoms with Crippen molar-refractivity contribution in [2.45, 2.75) is 37.8 Å². The minimum atomic E-state index is -0.529. The van der Waals surface area contributed by atoms with E-state index in [9.17, 15) is 9.18 Å². The van der Waals surface area contributed by atoms with Crippen molar-refractivity contribution in [2.75, 3.05) is 6.61 Å². The van der Waals surface area contributed by atoms with Crippen molar-refractivity contribution in [1.29, 1.82) is 0 Å². The number of rotatable bonds is 7. The van der Waals surface area contributed by atoms with E-state index in [4.69, 9.17) is 9.84 Å². The van der Waals surface area contributed by atoms with Gasteiger partial charge in [0, 0.05) is 10.6 Å². The number of thioether (sulfide) groups is 1. The van der Waals surface area contributed by atoms with Crippen molar-refractivity contribution in [2.24, 2.45) is 0 Å². The minimum Gasteiger partial charge on any atom is -0.461 e. The van der Waals surface area contributed by atoms with Crippen molar-refractivity contribution in [3.63, 3.8) is 0 Å². The first-order valence-corrected chi connectivity index (χ1v) is 11.4. The molecule has 0 saturated carbocycles. The molecule has 2 aromatic heterocycles. The highest BCUT2D eigenvalue weighted by Crippen LogP contribution is 2.31. The summed E-state index contributed by atoms with van der Waals surface area (Å²) in [4.78, 5) is 13.7. The zero-order valence-electron chi connectivity index (χ0n) is 18.1. The Bertz CT molecular complexity index is 1250. The summed E-state index contributed by atoms with van der Waals surface area (Å²) < 4.78 is 20.4. The van der Waals surface area contributed by atoms with Gasteiger partial charge in [-0.3, -0.25) is 0 Å². The Balaban J connectivity index is 1.85. The van der Waals surface area contributed by atoms with Crippen LogP contribution in [0.2, 0.25) is 0 Å². The highest BCUT2D eigenvalue weighted by Gasteiger charge is 2.24. The van der Waals surface area contributed by atoms with E-state index in [0.29, 0.717) is 23.5 Å². The largest absolute Gasteiger partial charge is 0.461 e.